The van der Waals surface area contributed by atoms with E-state index in [4.69, 9.17) is 5.11 Å². The molecule has 4 heteroatoms. The minimum absolute atomic E-state index is 0.00285. The highest BCUT2D eigenvalue weighted by atomic mass is 16.3. The Labute approximate surface area is 104 Å². The van der Waals surface area contributed by atoms with Crippen LogP contribution in [0.25, 0.3) is 0 Å². The lowest BCUT2D eigenvalue weighted by Crippen LogP contribution is -2.43. The van der Waals surface area contributed by atoms with Crippen molar-refractivity contribution in [1.29, 1.82) is 0 Å². The van der Waals surface area contributed by atoms with E-state index in [1.807, 2.05) is 4.90 Å². The molecule has 0 aromatic rings. The van der Waals surface area contributed by atoms with Gasteiger partial charge in [0.1, 0.15) is 0 Å². The maximum Gasteiger partial charge on any atom is 0.239 e. The minimum atomic E-state index is -0.0140. The number of aliphatic hydroxyl groups is 1. The second kappa shape index (κ2) is 5.83. The molecule has 17 heavy (non-hydrogen) atoms. The van der Waals surface area contributed by atoms with Crippen LogP contribution in [0.1, 0.15) is 40.5 Å². The van der Waals surface area contributed by atoms with Crippen molar-refractivity contribution in [3.8, 4) is 0 Å². The van der Waals surface area contributed by atoms with Gasteiger partial charge in [0.15, 0.2) is 0 Å². The fourth-order valence-corrected chi connectivity index (χ4v) is 2.35. The van der Waals surface area contributed by atoms with Crippen molar-refractivity contribution in [2.75, 3.05) is 19.7 Å². The van der Waals surface area contributed by atoms with Crippen molar-refractivity contribution in [3.05, 3.63) is 0 Å². The van der Waals surface area contributed by atoms with Crippen LogP contribution in [-0.4, -0.2) is 47.7 Å². The van der Waals surface area contributed by atoms with Crippen LogP contribution < -0.4 is 5.32 Å². The average Bonchev–Trinajstić information content (AvgIpc) is 2.48. The molecule has 0 saturated carbocycles. The van der Waals surface area contributed by atoms with Gasteiger partial charge in [-0.25, -0.2) is 0 Å². The van der Waals surface area contributed by atoms with Gasteiger partial charge in [0.2, 0.25) is 5.91 Å². The molecule has 1 fully saturated rings. The smallest absolute Gasteiger partial charge is 0.239 e. The number of nitrogens with zero attached hydrogens (tertiary/aromatic N) is 1. The molecular formula is C13H26N2O2. The molecule has 1 heterocycles. The van der Waals surface area contributed by atoms with E-state index >= 15 is 0 Å². The van der Waals surface area contributed by atoms with E-state index in [2.05, 4.69) is 33.0 Å². The Morgan fingerprint density at radius 3 is 2.71 bits per heavy atom. The summed E-state index contributed by atoms with van der Waals surface area (Å²) in [7, 11) is 0. The van der Waals surface area contributed by atoms with Gasteiger partial charge in [-0.15, -0.1) is 0 Å². The Kier molecular flexibility index (Phi) is 4.95. The fourth-order valence-electron chi connectivity index (χ4n) is 2.35. The number of nitrogens with one attached hydrogen (secondary N) is 1. The summed E-state index contributed by atoms with van der Waals surface area (Å²) in [5.41, 5.74) is -0.00285. The number of hydrogen-bond donors (Lipinski definition) is 2. The van der Waals surface area contributed by atoms with E-state index in [-0.39, 0.29) is 24.0 Å². The van der Waals surface area contributed by atoms with Crippen LogP contribution in [-0.2, 0) is 4.79 Å². The summed E-state index contributed by atoms with van der Waals surface area (Å²) in [5, 5.41) is 12.3. The molecular weight excluding hydrogens is 216 g/mol. The predicted octanol–water partition coefficient (Wildman–Crippen LogP) is 0.994. The maximum absolute atomic E-state index is 12.1. The molecule has 1 atom stereocenters. The van der Waals surface area contributed by atoms with Crippen molar-refractivity contribution < 1.29 is 9.90 Å². The van der Waals surface area contributed by atoms with Gasteiger partial charge in [-0.1, -0.05) is 27.7 Å². The third-order valence-electron chi connectivity index (χ3n) is 3.24. The van der Waals surface area contributed by atoms with E-state index in [1.54, 1.807) is 0 Å². The molecule has 1 aliphatic rings. The van der Waals surface area contributed by atoms with E-state index in [9.17, 15) is 4.79 Å². The molecule has 0 aromatic carbocycles. The van der Waals surface area contributed by atoms with Crippen LogP contribution >= 0.6 is 0 Å². The summed E-state index contributed by atoms with van der Waals surface area (Å²) < 4.78 is 0. The molecule has 0 radical (unpaired) electrons. The lowest BCUT2D eigenvalue weighted by Gasteiger charge is -2.30. The van der Waals surface area contributed by atoms with Crippen LogP contribution in [0.3, 0.4) is 0 Å². The first kappa shape index (κ1) is 14.5. The molecule has 1 saturated heterocycles. The van der Waals surface area contributed by atoms with Crippen molar-refractivity contribution in [3.63, 3.8) is 0 Å². The van der Waals surface area contributed by atoms with Crippen LogP contribution in [0.4, 0.5) is 0 Å². The highest BCUT2D eigenvalue weighted by Crippen LogP contribution is 2.24. The van der Waals surface area contributed by atoms with Crippen LogP contribution in [0, 0.1) is 5.41 Å². The predicted molar refractivity (Wildman–Crippen MR) is 68.7 cm³/mol. The second-order valence-electron chi connectivity index (χ2n) is 6.06. The number of carbonyl (C=O) groups excluding carboxylic acids is 1. The summed E-state index contributed by atoms with van der Waals surface area (Å²) in [6.45, 7) is 10.1. The number of likely N-dealkylation sites (tertiary alicyclic amines) is 1. The number of rotatable bonds is 6. The molecule has 0 aliphatic carbocycles. The SMILES string of the molecule is CC(C)NC1CCN(CC(C)(C)CCO)C1=O. The number of amides is 1. The van der Waals surface area contributed by atoms with E-state index in [0.717, 1.165) is 25.9 Å². The lowest BCUT2D eigenvalue weighted by molar-refractivity contribution is -0.130. The van der Waals surface area contributed by atoms with E-state index < -0.39 is 0 Å². The topological polar surface area (TPSA) is 52.6 Å². The zero-order chi connectivity index (χ0) is 13.1. The molecule has 2 N–H and O–H groups in total. The average molecular weight is 242 g/mol. The van der Waals surface area contributed by atoms with Gasteiger partial charge in [-0.05, 0) is 18.3 Å². The standard InChI is InChI=1S/C13H26N2O2/c1-10(2)14-11-5-7-15(12(11)17)9-13(3,4)6-8-16/h10-11,14,16H,5-9H2,1-4H3. The van der Waals surface area contributed by atoms with E-state index in [0.29, 0.717) is 6.04 Å². The van der Waals surface area contributed by atoms with Crippen LogP contribution in [0.15, 0.2) is 0 Å². The van der Waals surface area contributed by atoms with Gasteiger partial charge < -0.3 is 15.3 Å². The zero-order valence-electron chi connectivity index (χ0n) is 11.5. The van der Waals surface area contributed by atoms with Gasteiger partial charge in [-0.3, -0.25) is 4.79 Å². The molecule has 1 rings (SSSR count). The Balaban J connectivity index is 2.50. The Morgan fingerprint density at radius 2 is 2.18 bits per heavy atom. The number of hydrogen-bond acceptors (Lipinski definition) is 3. The van der Waals surface area contributed by atoms with Crippen LogP contribution in [0.5, 0.6) is 0 Å². The molecule has 1 unspecified atom stereocenters. The Hall–Kier alpha value is -0.610. The molecule has 0 spiro atoms. The largest absolute Gasteiger partial charge is 0.396 e. The van der Waals surface area contributed by atoms with Crippen LogP contribution in [0.2, 0.25) is 0 Å². The first-order valence-electron chi connectivity index (χ1n) is 6.51. The normalized spacial score (nSPS) is 21.6. The van der Waals surface area contributed by atoms with Gasteiger partial charge in [0, 0.05) is 25.7 Å². The molecule has 1 amide bonds. The van der Waals surface area contributed by atoms with Gasteiger partial charge in [0.05, 0.1) is 6.04 Å². The minimum Gasteiger partial charge on any atom is -0.396 e. The second-order valence-corrected chi connectivity index (χ2v) is 6.06. The molecule has 0 bridgehead atoms. The van der Waals surface area contributed by atoms with Gasteiger partial charge >= 0.3 is 0 Å². The Bertz CT molecular complexity index is 264. The first-order valence-corrected chi connectivity index (χ1v) is 6.51. The summed E-state index contributed by atoms with van der Waals surface area (Å²) in [6, 6.07) is 0.328. The van der Waals surface area contributed by atoms with Crippen molar-refractivity contribution in [1.82, 2.24) is 10.2 Å². The van der Waals surface area contributed by atoms with Crippen molar-refractivity contribution in [2.45, 2.75) is 52.6 Å². The molecule has 0 aromatic heterocycles. The van der Waals surface area contributed by atoms with E-state index in [1.165, 1.54) is 0 Å². The third-order valence-corrected chi connectivity index (χ3v) is 3.24. The molecule has 100 valence electrons. The van der Waals surface area contributed by atoms with Crippen molar-refractivity contribution >= 4 is 5.91 Å². The summed E-state index contributed by atoms with van der Waals surface area (Å²) >= 11 is 0. The summed E-state index contributed by atoms with van der Waals surface area (Å²) in [6.07, 6.45) is 1.63. The third kappa shape index (κ3) is 4.28. The van der Waals surface area contributed by atoms with Crippen molar-refractivity contribution in [2.24, 2.45) is 5.41 Å². The number of carbonyl (C=O) groups is 1. The van der Waals surface area contributed by atoms with Gasteiger partial charge in [0.25, 0.3) is 0 Å². The quantitative estimate of drug-likeness (QED) is 0.730. The summed E-state index contributed by atoms with van der Waals surface area (Å²) in [5.74, 6) is 0.213. The highest BCUT2D eigenvalue weighted by molar-refractivity contribution is 5.84. The maximum atomic E-state index is 12.1. The monoisotopic (exact) mass is 242 g/mol. The van der Waals surface area contributed by atoms with Gasteiger partial charge in [-0.2, -0.15) is 0 Å². The molecule has 1 aliphatic heterocycles. The summed E-state index contributed by atoms with van der Waals surface area (Å²) in [4.78, 5) is 14.1. The number of aliphatic hydroxyl groups excluding tert-OH is 1. The fraction of sp³-hybridized carbons (Fsp3) is 0.923. The zero-order valence-corrected chi connectivity index (χ0v) is 11.5. The highest BCUT2D eigenvalue weighted by Gasteiger charge is 2.34. The lowest BCUT2D eigenvalue weighted by atomic mass is 9.89. The molecule has 4 nitrogen and oxygen atoms in total. The first-order chi connectivity index (χ1) is 7.85. The Morgan fingerprint density at radius 1 is 1.53 bits per heavy atom.